The van der Waals surface area contributed by atoms with Gasteiger partial charge in [-0.2, -0.15) is 11.8 Å². The van der Waals surface area contributed by atoms with Gasteiger partial charge < -0.3 is 15.5 Å². The molecule has 0 bridgehead atoms. The van der Waals surface area contributed by atoms with Crippen LogP contribution in [0, 0.1) is 0 Å². The number of benzene rings is 1. The van der Waals surface area contributed by atoms with Crippen LogP contribution in [0.1, 0.15) is 23.2 Å². The van der Waals surface area contributed by atoms with E-state index in [0.717, 1.165) is 0 Å². The van der Waals surface area contributed by atoms with E-state index in [9.17, 15) is 9.90 Å². The Hall–Kier alpha value is -1.04. The van der Waals surface area contributed by atoms with Gasteiger partial charge in [0.05, 0.1) is 11.6 Å². The highest BCUT2D eigenvalue weighted by Gasteiger charge is 2.43. The Kier molecular flexibility index (Phi) is 4.85. The average molecular weight is 281 g/mol. The molecule has 1 amide bonds. The number of rotatable bonds is 5. The molecule has 5 heteroatoms. The second-order valence-corrected chi connectivity index (χ2v) is 5.86. The second-order valence-electron chi connectivity index (χ2n) is 4.83. The van der Waals surface area contributed by atoms with Gasteiger partial charge in [0.15, 0.2) is 0 Å². The van der Waals surface area contributed by atoms with Crippen LogP contribution in [-0.4, -0.2) is 45.9 Å². The lowest BCUT2D eigenvalue weighted by atomic mass is 9.89. The summed E-state index contributed by atoms with van der Waals surface area (Å²) < 4.78 is 0. The molecule has 4 nitrogen and oxygen atoms in total. The molecule has 0 aliphatic carbocycles. The molecule has 1 aromatic rings. The van der Waals surface area contributed by atoms with Crippen molar-refractivity contribution in [1.82, 2.24) is 5.32 Å². The topological polar surface area (TPSA) is 69.6 Å². The van der Waals surface area contributed by atoms with Crippen LogP contribution >= 0.6 is 11.8 Å². The Morgan fingerprint density at radius 3 is 2.74 bits per heavy atom. The van der Waals surface area contributed by atoms with Gasteiger partial charge in [0, 0.05) is 23.7 Å². The summed E-state index contributed by atoms with van der Waals surface area (Å²) >= 11 is 1.63. The van der Waals surface area contributed by atoms with Crippen molar-refractivity contribution in [3.8, 4) is 0 Å². The van der Waals surface area contributed by atoms with E-state index < -0.39 is 11.6 Å². The van der Waals surface area contributed by atoms with Crippen molar-refractivity contribution < 1.29 is 15.0 Å². The first-order valence-electron chi connectivity index (χ1n) is 6.42. The van der Waals surface area contributed by atoms with E-state index in [1.807, 2.05) is 18.2 Å². The molecule has 3 N–H and O–H groups in total. The van der Waals surface area contributed by atoms with Gasteiger partial charge in [-0.3, -0.25) is 4.79 Å². The van der Waals surface area contributed by atoms with Gasteiger partial charge in [-0.25, -0.2) is 0 Å². The van der Waals surface area contributed by atoms with Crippen molar-refractivity contribution in [2.24, 2.45) is 0 Å². The number of carbonyl (C=O) groups excluding carboxylic acids is 1. The highest BCUT2D eigenvalue weighted by molar-refractivity contribution is 7.99. The Morgan fingerprint density at radius 2 is 2.16 bits per heavy atom. The van der Waals surface area contributed by atoms with Gasteiger partial charge in [-0.1, -0.05) is 18.2 Å². The third-order valence-corrected chi connectivity index (χ3v) is 4.72. The molecular formula is C14H19NO3S. The van der Waals surface area contributed by atoms with E-state index in [0.29, 0.717) is 29.9 Å². The summed E-state index contributed by atoms with van der Waals surface area (Å²) in [5.74, 6) is 1.15. The first-order chi connectivity index (χ1) is 9.18. The lowest BCUT2D eigenvalue weighted by Gasteiger charge is -2.33. The minimum Gasteiger partial charge on any atom is -0.396 e. The molecule has 0 radical (unpaired) electrons. The average Bonchev–Trinajstić information content (AvgIpc) is 2.79. The first-order valence-corrected chi connectivity index (χ1v) is 7.58. The molecule has 0 spiro atoms. The largest absolute Gasteiger partial charge is 0.396 e. The molecule has 1 heterocycles. The van der Waals surface area contributed by atoms with E-state index in [4.69, 9.17) is 5.11 Å². The third-order valence-electron chi connectivity index (χ3n) is 3.45. The molecule has 0 unspecified atom stereocenters. The third kappa shape index (κ3) is 3.29. The van der Waals surface area contributed by atoms with Crippen LogP contribution in [0.2, 0.25) is 0 Å². The maximum atomic E-state index is 12.2. The fourth-order valence-electron chi connectivity index (χ4n) is 2.31. The minimum atomic E-state index is -0.611. The van der Waals surface area contributed by atoms with Gasteiger partial charge in [0.1, 0.15) is 0 Å². The van der Waals surface area contributed by atoms with Crippen molar-refractivity contribution >= 4 is 17.7 Å². The monoisotopic (exact) mass is 281 g/mol. The van der Waals surface area contributed by atoms with Crippen molar-refractivity contribution in [2.75, 3.05) is 18.1 Å². The van der Waals surface area contributed by atoms with Gasteiger partial charge in [0.2, 0.25) is 0 Å². The van der Waals surface area contributed by atoms with E-state index in [1.54, 1.807) is 23.9 Å². The second kappa shape index (κ2) is 6.41. The number of aliphatic hydroxyl groups excluding tert-OH is 2. The summed E-state index contributed by atoms with van der Waals surface area (Å²) in [5.41, 5.74) is -0.0182. The van der Waals surface area contributed by atoms with Gasteiger partial charge in [-0.05, 0) is 25.0 Å². The minimum absolute atomic E-state index is 0.0698. The molecule has 2 atom stereocenters. The molecule has 1 aliphatic heterocycles. The van der Waals surface area contributed by atoms with Crippen molar-refractivity contribution in [3.63, 3.8) is 0 Å². The standard InChI is InChI=1S/C14H19NO3S/c16-8-4-7-14(10-19-9-12(14)17)15-13(18)11-5-2-1-3-6-11/h1-3,5-6,12,16-17H,4,7-10H2,(H,15,18)/t12-,14-/m1/s1. The molecule has 2 rings (SSSR count). The molecule has 0 aromatic heterocycles. The van der Waals surface area contributed by atoms with Crippen molar-refractivity contribution in [2.45, 2.75) is 24.5 Å². The van der Waals surface area contributed by atoms with Gasteiger partial charge in [-0.15, -0.1) is 0 Å². The van der Waals surface area contributed by atoms with Crippen LogP contribution in [0.5, 0.6) is 0 Å². The fourth-order valence-corrected chi connectivity index (χ4v) is 3.74. The van der Waals surface area contributed by atoms with E-state index in [2.05, 4.69) is 5.32 Å². The number of carbonyl (C=O) groups is 1. The van der Waals surface area contributed by atoms with Crippen LogP contribution in [0.4, 0.5) is 0 Å². The zero-order valence-electron chi connectivity index (χ0n) is 10.7. The van der Waals surface area contributed by atoms with E-state index in [-0.39, 0.29) is 12.5 Å². The number of hydrogen-bond donors (Lipinski definition) is 3. The molecule has 1 aliphatic rings. The maximum Gasteiger partial charge on any atom is 0.251 e. The van der Waals surface area contributed by atoms with Crippen molar-refractivity contribution in [1.29, 1.82) is 0 Å². The number of amides is 1. The Morgan fingerprint density at radius 1 is 1.42 bits per heavy atom. The van der Waals surface area contributed by atoms with Gasteiger partial charge >= 0.3 is 0 Å². The molecule has 104 valence electrons. The van der Waals surface area contributed by atoms with Crippen LogP contribution in [0.25, 0.3) is 0 Å². The van der Waals surface area contributed by atoms with Gasteiger partial charge in [0.25, 0.3) is 5.91 Å². The number of nitrogens with one attached hydrogen (secondary N) is 1. The summed E-state index contributed by atoms with van der Waals surface area (Å²) in [6, 6.07) is 9.00. The maximum absolute atomic E-state index is 12.2. The Labute approximate surface area is 117 Å². The fraction of sp³-hybridized carbons (Fsp3) is 0.500. The van der Waals surface area contributed by atoms with E-state index in [1.165, 1.54) is 0 Å². The zero-order valence-corrected chi connectivity index (χ0v) is 11.5. The molecular weight excluding hydrogens is 262 g/mol. The first kappa shape index (κ1) is 14.4. The molecule has 1 saturated heterocycles. The quantitative estimate of drug-likeness (QED) is 0.754. The predicted molar refractivity (Wildman–Crippen MR) is 76.3 cm³/mol. The summed E-state index contributed by atoms with van der Waals surface area (Å²) in [4.78, 5) is 12.2. The SMILES string of the molecule is O=C(N[C@]1(CCCO)CSC[C@H]1O)c1ccccc1. The highest BCUT2D eigenvalue weighted by atomic mass is 32.2. The van der Waals surface area contributed by atoms with Crippen LogP contribution in [0.3, 0.4) is 0 Å². The lowest BCUT2D eigenvalue weighted by molar-refractivity contribution is 0.0668. The predicted octanol–water partition coefficient (Wildman–Crippen LogP) is 1.04. The molecule has 0 saturated carbocycles. The Balaban J connectivity index is 2.10. The normalized spacial score (nSPS) is 26.3. The highest BCUT2D eigenvalue weighted by Crippen LogP contribution is 2.32. The summed E-state index contributed by atoms with van der Waals surface area (Å²) in [6.07, 6.45) is 0.611. The summed E-state index contributed by atoms with van der Waals surface area (Å²) in [5, 5.41) is 22.1. The zero-order chi connectivity index (χ0) is 13.7. The summed E-state index contributed by atoms with van der Waals surface area (Å²) in [7, 11) is 0. The number of aliphatic hydroxyl groups is 2. The van der Waals surface area contributed by atoms with Crippen LogP contribution < -0.4 is 5.32 Å². The van der Waals surface area contributed by atoms with Crippen molar-refractivity contribution in [3.05, 3.63) is 35.9 Å². The lowest BCUT2D eigenvalue weighted by Crippen LogP contribution is -2.56. The smallest absolute Gasteiger partial charge is 0.251 e. The number of hydrogen-bond acceptors (Lipinski definition) is 4. The molecule has 19 heavy (non-hydrogen) atoms. The van der Waals surface area contributed by atoms with Crippen LogP contribution in [-0.2, 0) is 0 Å². The van der Waals surface area contributed by atoms with Crippen LogP contribution in [0.15, 0.2) is 30.3 Å². The number of thioether (sulfide) groups is 1. The molecule has 1 aromatic carbocycles. The molecule has 1 fully saturated rings. The summed E-state index contributed by atoms with van der Waals surface area (Å²) in [6.45, 7) is 0.0698. The van der Waals surface area contributed by atoms with E-state index >= 15 is 0 Å². The Bertz CT molecular complexity index is 426.